The van der Waals surface area contributed by atoms with Gasteiger partial charge in [0.15, 0.2) is 0 Å². The van der Waals surface area contributed by atoms with Crippen LogP contribution in [0.3, 0.4) is 0 Å². The molecule has 1 N–H and O–H groups in total. The van der Waals surface area contributed by atoms with Gasteiger partial charge in [0.25, 0.3) is 0 Å². The van der Waals surface area contributed by atoms with Crippen molar-refractivity contribution in [3.63, 3.8) is 0 Å². The Bertz CT molecular complexity index is 480. The van der Waals surface area contributed by atoms with E-state index in [1.165, 1.54) is 0 Å². The molecule has 0 bridgehead atoms. The number of hydrogen-bond acceptors (Lipinski definition) is 3. The smallest absolute Gasteiger partial charge is 0.142 e. The van der Waals surface area contributed by atoms with Gasteiger partial charge < -0.3 is 9.84 Å². The van der Waals surface area contributed by atoms with E-state index in [0.717, 1.165) is 24.8 Å². The minimum Gasteiger partial charge on any atom is -0.387 e. The lowest BCUT2D eigenvalue weighted by Crippen LogP contribution is -2.29. The molecule has 0 amide bonds. The third-order valence-corrected chi connectivity index (χ3v) is 4.07. The summed E-state index contributed by atoms with van der Waals surface area (Å²) >= 11 is 0. The lowest BCUT2D eigenvalue weighted by atomic mass is 9.74. The zero-order chi connectivity index (χ0) is 15.1. The number of benzene rings is 1. The summed E-state index contributed by atoms with van der Waals surface area (Å²) in [4.78, 5) is 12.0. The zero-order valence-electron chi connectivity index (χ0n) is 12.6. The van der Waals surface area contributed by atoms with E-state index >= 15 is 0 Å². The van der Waals surface area contributed by atoms with E-state index in [1.54, 1.807) is 6.08 Å². The van der Waals surface area contributed by atoms with Crippen LogP contribution in [0.25, 0.3) is 0 Å². The maximum absolute atomic E-state index is 12.0. The molecule has 0 radical (unpaired) electrons. The fourth-order valence-electron chi connectivity index (χ4n) is 2.63. The van der Waals surface area contributed by atoms with Gasteiger partial charge in [-0.1, -0.05) is 48.9 Å². The second-order valence-electron chi connectivity index (χ2n) is 5.97. The van der Waals surface area contributed by atoms with E-state index < -0.39 is 11.5 Å². The predicted molar refractivity (Wildman–Crippen MR) is 82.8 cm³/mol. The highest BCUT2D eigenvalue weighted by atomic mass is 16.5. The highest BCUT2D eigenvalue weighted by molar-refractivity contribution is 5.86. The van der Waals surface area contributed by atoms with Crippen LogP contribution < -0.4 is 0 Å². The minimum absolute atomic E-state index is 0.246. The number of aliphatic hydroxyl groups is 1. The second kappa shape index (κ2) is 7.53. The Morgan fingerprint density at radius 3 is 2.81 bits per heavy atom. The first-order valence-electron chi connectivity index (χ1n) is 7.62. The van der Waals surface area contributed by atoms with E-state index in [0.29, 0.717) is 13.0 Å². The number of Topliss-reactive ketones (excluding diaryl/α,β-unsaturated/α-hetero) is 1. The summed E-state index contributed by atoms with van der Waals surface area (Å²) in [6, 6.07) is 9.87. The molecular formula is C18H24O3. The van der Waals surface area contributed by atoms with E-state index in [4.69, 9.17) is 4.74 Å². The predicted octanol–water partition coefficient (Wildman–Crippen LogP) is 3.27. The van der Waals surface area contributed by atoms with Crippen LogP contribution in [-0.2, 0) is 16.1 Å². The Morgan fingerprint density at radius 2 is 2.10 bits per heavy atom. The first-order valence-corrected chi connectivity index (χ1v) is 7.62. The fraction of sp³-hybridized carbons (Fsp3) is 0.500. The number of carbonyl (C=O) groups is 1. The Hall–Kier alpha value is -1.45. The first kappa shape index (κ1) is 15.9. The van der Waals surface area contributed by atoms with Gasteiger partial charge >= 0.3 is 0 Å². The summed E-state index contributed by atoms with van der Waals surface area (Å²) < 4.78 is 5.49. The molecule has 1 aliphatic rings. The molecule has 0 aliphatic heterocycles. The molecule has 0 spiro atoms. The van der Waals surface area contributed by atoms with Crippen LogP contribution in [0.1, 0.15) is 38.2 Å². The standard InChI is InChI=1S/C18H24O3/c1-18(11-6-5-9-17(18)20)12-10-16(19)14-21-13-15-7-3-2-4-8-15/h2-4,7-8,10,12,16,19H,5-6,9,11,13-14H2,1H3/t16-,18+/m1/s1. The highest BCUT2D eigenvalue weighted by Crippen LogP contribution is 2.34. The lowest BCUT2D eigenvalue weighted by Gasteiger charge is -2.29. The van der Waals surface area contributed by atoms with Crippen molar-refractivity contribution in [3.05, 3.63) is 48.0 Å². The van der Waals surface area contributed by atoms with Crippen LogP contribution in [0.4, 0.5) is 0 Å². The van der Waals surface area contributed by atoms with Gasteiger partial charge in [-0.25, -0.2) is 0 Å². The van der Waals surface area contributed by atoms with Crippen LogP contribution in [-0.4, -0.2) is 23.6 Å². The Balaban J connectivity index is 1.77. The molecular weight excluding hydrogens is 264 g/mol. The van der Waals surface area contributed by atoms with E-state index in [1.807, 2.05) is 43.3 Å². The maximum atomic E-state index is 12.0. The quantitative estimate of drug-likeness (QED) is 0.817. The van der Waals surface area contributed by atoms with Gasteiger partial charge in [0, 0.05) is 11.8 Å². The maximum Gasteiger partial charge on any atom is 0.142 e. The molecule has 21 heavy (non-hydrogen) atoms. The van der Waals surface area contributed by atoms with Crippen molar-refractivity contribution in [1.82, 2.24) is 0 Å². The Kier molecular flexibility index (Phi) is 5.71. The lowest BCUT2D eigenvalue weighted by molar-refractivity contribution is -0.127. The van der Waals surface area contributed by atoms with Crippen molar-refractivity contribution in [1.29, 1.82) is 0 Å². The average Bonchev–Trinajstić information content (AvgIpc) is 2.50. The Labute approximate surface area is 126 Å². The molecule has 0 aromatic heterocycles. The van der Waals surface area contributed by atoms with Crippen molar-refractivity contribution in [3.8, 4) is 0 Å². The largest absolute Gasteiger partial charge is 0.387 e. The molecule has 3 heteroatoms. The van der Waals surface area contributed by atoms with E-state index in [9.17, 15) is 9.90 Å². The molecule has 1 aliphatic carbocycles. The molecule has 0 heterocycles. The summed E-state index contributed by atoms with van der Waals surface area (Å²) in [6.45, 7) is 2.69. The summed E-state index contributed by atoms with van der Waals surface area (Å²) in [5, 5.41) is 9.94. The fourth-order valence-corrected chi connectivity index (χ4v) is 2.63. The normalized spacial score (nSPS) is 24.4. The number of hydrogen-bond donors (Lipinski definition) is 1. The topological polar surface area (TPSA) is 46.5 Å². The molecule has 1 aromatic carbocycles. The molecule has 2 atom stereocenters. The molecule has 1 aromatic rings. The van der Waals surface area contributed by atoms with Gasteiger partial charge in [0.1, 0.15) is 5.78 Å². The number of allylic oxidation sites excluding steroid dienone is 1. The summed E-state index contributed by atoms with van der Waals surface area (Å²) in [5.74, 6) is 0.280. The molecule has 114 valence electrons. The van der Waals surface area contributed by atoms with Crippen LogP contribution >= 0.6 is 0 Å². The van der Waals surface area contributed by atoms with Gasteiger partial charge in [-0.05, 0) is 25.3 Å². The third-order valence-electron chi connectivity index (χ3n) is 4.07. The summed E-state index contributed by atoms with van der Waals surface area (Å²) in [5.41, 5.74) is 0.682. The summed E-state index contributed by atoms with van der Waals surface area (Å²) in [6.07, 6.45) is 6.50. The van der Waals surface area contributed by atoms with Gasteiger partial charge in [0.05, 0.1) is 19.3 Å². The van der Waals surface area contributed by atoms with Crippen molar-refractivity contribution >= 4 is 5.78 Å². The van der Waals surface area contributed by atoms with Crippen molar-refractivity contribution in [2.24, 2.45) is 5.41 Å². The van der Waals surface area contributed by atoms with Gasteiger partial charge in [-0.3, -0.25) is 4.79 Å². The molecule has 1 saturated carbocycles. The third kappa shape index (κ3) is 4.80. The van der Waals surface area contributed by atoms with Crippen LogP contribution in [0.5, 0.6) is 0 Å². The van der Waals surface area contributed by atoms with E-state index in [2.05, 4.69) is 0 Å². The van der Waals surface area contributed by atoms with Crippen LogP contribution in [0, 0.1) is 5.41 Å². The van der Waals surface area contributed by atoms with Crippen molar-refractivity contribution in [2.45, 2.75) is 45.3 Å². The van der Waals surface area contributed by atoms with E-state index in [-0.39, 0.29) is 12.4 Å². The van der Waals surface area contributed by atoms with Crippen molar-refractivity contribution < 1.29 is 14.6 Å². The number of aliphatic hydroxyl groups excluding tert-OH is 1. The number of ketones is 1. The van der Waals surface area contributed by atoms with Gasteiger partial charge in [0.2, 0.25) is 0 Å². The van der Waals surface area contributed by atoms with Gasteiger partial charge in [-0.2, -0.15) is 0 Å². The zero-order valence-corrected chi connectivity index (χ0v) is 12.6. The molecule has 0 unspecified atom stereocenters. The molecule has 0 saturated heterocycles. The average molecular weight is 288 g/mol. The van der Waals surface area contributed by atoms with Crippen molar-refractivity contribution in [2.75, 3.05) is 6.61 Å². The molecule has 3 nitrogen and oxygen atoms in total. The van der Waals surface area contributed by atoms with Gasteiger partial charge in [-0.15, -0.1) is 0 Å². The monoisotopic (exact) mass is 288 g/mol. The molecule has 1 fully saturated rings. The van der Waals surface area contributed by atoms with Crippen LogP contribution in [0.15, 0.2) is 42.5 Å². The Morgan fingerprint density at radius 1 is 1.33 bits per heavy atom. The highest BCUT2D eigenvalue weighted by Gasteiger charge is 2.32. The number of carbonyl (C=O) groups excluding carboxylic acids is 1. The number of ether oxygens (including phenoxy) is 1. The minimum atomic E-state index is -0.666. The molecule has 2 rings (SSSR count). The SMILES string of the molecule is C[C@@]1(C=C[C@@H](O)COCc2ccccc2)CCCCC1=O. The number of rotatable bonds is 6. The summed E-state index contributed by atoms with van der Waals surface area (Å²) in [7, 11) is 0. The second-order valence-corrected chi connectivity index (χ2v) is 5.97. The van der Waals surface area contributed by atoms with Crippen LogP contribution in [0.2, 0.25) is 0 Å². The first-order chi connectivity index (χ1) is 10.1.